The molecular weight excluding hydrogens is 233 g/mol. The van der Waals surface area contributed by atoms with Crippen LogP contribution in [0.4, 0.5) is 13.2 Å². The van der Waals surface area contributed by atoms with Gasteiger partial charge in [0, 0.05) is 5.56 Å². The Labute approximate surface area is 94.3 Å². The van der Waals surface area contributed by atoms with E-state index in [0.29, 0.717) is 6.29 Å². The minimum atomic E-state index is -4.46. The number of aromatic nitrogens is 2. The Morgan fingerprint density at radius 1 is 1.18 bits per heavy atom. The summed E-state index contributed by atoms with van der Waals surface area (Å²) < 4.78 is 38.3. The van der Waals surface area contributed by atoms with Gasteiger partial charge in [0.1, 0.15) is 5.69 Å². The third-order valence-corrected chi connectivity index (χ3v) is 2.31. The average Bonchev–Trinajstić information content (AvgIpc) is 2.75. The summed E-state index contributed by atoms with van der Waals surface area (Å²) in [6, 6.07) is 5.05. The second-order valence-electron chi connectivity index (χ2n) is 3.36. The van der Waals surface area contributed by atoms with E-state index < -0.39 is 11.7 Å². The van der Waals surface area contributed by atoms with Crippen LogP contribution in [0, 0.1) is 0 Å². The Morgan fingerprint density at radius 2 is 1.88 bits per heavy atom. The van der Waals surface area contributed by atoms with E-state index in [4.69, 9.17) is 0 Å². The summed E-state index contributed by atoms with van der Waals surface area (Å²) in [4.78, 5) is 10.7. The topological polar surface area (TPSA) is 45.8 Å². The van der Waals surface area contributed by atoms with Crippen LogP contribution in [-0.2, 0) is 6.18 Å². The van der Waals surface area contributed by atoms with Gasteiger partial charge in [-0.15, -0.1) is 0 Å². The fourth-order valence-electron chi connectivity index (χ4n) is 1.57. The van der Waals surface area contributed by atoms with Gasteiger partial charge in [-0.25, -0.2) is 0 Å². The number of hydrogen-bond donors (Lipinski definition) is 1. The first-order chi connectivity index (χ1) is 8.04. The summed E-state index contributed by atoms with van der Waals surface area (Å²) in [5.74, 6) is 0. The molecule has 0 saturated heterocycles. The van der Waals surface area contributed by atoms with Crippen molar-refractivity contribution in [1.82, 2.24) is 10.2 Å². The molecule has 6 heteroatoms. The van der Waals surface area contributed by atoms with Gasteiger partial charge in [0.15, 0.2) is 6.29 Å². The fraction of sp³-hybridized carbons (Fsp3) is 0.0909. The molecule has 0 spiro atoms. The van der Waals surface area contributed by atoms with Gasteiger partial charge in [0.2, 0.25) is 0 Å². The molecule has 0 saturated carbocycles. The molecule has 2 rings (SSSR count). The molecule has 0 aliphatic rings. The Bertz CT molecular complexity index is 546. The lowest BCUT2D eigenvalue weighted by Crippen LogP contribution is -2.07. The molecule has 0 bridgehead atoms. The molecule has 0 radical (unpaired) electrons. The van der Waals surface area contributed by atoms with E-state index >= 15 is 0 Å². The summed E-state index contributed by atoms with van der Waals surface area (Å²) in [5.41, 5.74) is -0.671. The molecule has 0 amide bonds. The van der Waals surface area contributed by atoms with Crippen LogP contribution in [0.25, 0.3) is 11.1 Å². The molecule has 1 N–H and O–H groups in total. The SMILES string of the molecule is O=Cc1[nH]ncc1-c1ccccc1C(F)(F)F. The number of nitrogens with zero attached hydrogens (tertiary/aromatic N) is 1. The lowest BCUT2D eigenvalue weighted by molar-refractivity contribution is -0.137. The lowest BCUT2D eigenvalue weighted by atomic mass is 10.0. The minimum absolute atomic E-state index is 0.0294. The number of alkyl halides is 3. The van der Waals surface area contributed by atoms with Crippen LogP contribution < -0.4 is 0 Å². The van der Waals surface area contributed by atoms with Gasteiger partial charge in [-0.2, -0.15) is 18.3 Å². The summed E-state index contributed by atoms with van der Waals surface area (Å²) in [6.07, 6.45) is -2.82. The van der Waals surface area contributed by atoms with Crippen LogP contribution in [-0.4, -0.2) is 16.5 Å². The van der Waals surface area contributed by atoms with Gasteiger partial charge < -0.3 is 0 Å². The quantitative estimate of drug-likeness (QED) is 0.820. The van der Waals surface area contributed by atoms with E-state index in [9.17, 15) is 18.0 Å². The largest absolute Gasteiger partial charge is 0.417 e. The van der Waals surface area contributed by atoms with Crippen LogP contribution in [0.3, 0.4) is 0 Å². The molecular formula is C11H7F3N2O. The number of hydrogen-bond acceptors (Lipinski definition) is 2. The van der Waals surface area contributed by atoms with Gasteiger partial charge in [0.25, 0.3) is 0 Å². The maximum atomic E-state index is 12.8. The van der Waals surface area contributed by atoms with Crippen LogP contribution >= 0.6 is 0 Å². The number of aldehydes is 1. The Kier molecular flexibility index (Phi) is 2.71. The normalized spacial score (nSPS) is 11.5. The standard InChI is InChI=1S/C11H7F3N2O/c12-11(13,14)9-4-2-1-3-7(9)8-5-15-16-10(8)6-17/h1-6H,(H,15,16). The monoisotopic (exact) mass is 240 g/mol. The highest BCUT2D eigenvalue weighted by molar-refractivity contribution is 5.86. The van der Waals surface area contributed by atoms with Crippen LogP contribution in [0.5, 0.6) is 0 Å². The fourth-order valence-corrected chi connectivity index (χ4v) is 1.57. The van der Waals surface area contributed by atoms with Gasteiger partial charge in [0.05, 0.1) is 11.8 Å². The number of rotatable bonds is 2. The minimum Gasteiger partial charge on any atom is -0.296 e. The van der Waals surface area contributed by atoms with E-state index in [-0.39, 0.29) is 16.8 Å². The zero-order valence-corrected chi connectivity index (χ0v) is 8.45. The van der Waals surface area contributed by atoms with Crippen molar-refractivity contribution in [3.63, 3.8) is 0 Å². The molecule has 1 heterocycles. The number of benzene rings is 1. The first-order valence-corrected chi connectivity index (χ1v) is 4.69. The van der Waals surface area contributed by atoms with Gasteiger partial charge in [-0.1, -0.05) is 18.2 Å². The average molecular weight is 240 g/mol. The Morgan fingerprint density at radius 3 is 2.53 bits per heavy atom. The smallest absolute Gasteiger partial charge is 0.296 e. The molecule has 17 heavy (non-hydrogen) atoms. The number of halogens is 3. The molecule has 0 fully saturated rings. The van der Waals surface area contributed by atoms with Gasteiger partial charge >= 0.3 is 6.18 Å². The molecule has 0 aliphatic heterocycles. The molecule has 1 aromatic heterocycles. The van der Waals surface area contributed by atoms with Crippen LogP contribution in [0.1, 0.15) is 16.1 Å². The molecule has 0 unspecified atom stereocenters. The Hall–Kier alpha value is -2.11. The molecule has 0 atom stereocenters. The van der Waals surface area contributed by atoms with Crippen molar-refractivity contribution in [2.45, 2.75) is 6.18 Å². The van der Waals surface area contributed by atoms with E-state index in [1.54, 1.807) is 0 Å². The molecule has 2 aromatic rings. The van der Waals surface area contributed by atoms with Crippen molar-refractivity contribution in [3.8, 4) is 11.1 Å². The predicted octanol–water partition coefficient (Wildman–Crippen LogP) is 2.91. The van der Waals surface area contributed by atoms with Crippen molar-refractivity contribution in [2.24, 2.45) is 0 Å². The van der Waals surface area contributed by atoms with E-state index in [1.807, 2.05) is 0 Å². The van der Waals surface area contributed by atoms with Crippen LogP contribution in [0.2, 0.25) is 0 Å². The third-order valence-electron chi connectivity index (χ3n) is 2.31. The maximum Gasteiger partial charge on any atom is 0.417 e. The first kappa shape index (κ1) is 11.4. The lowest BCUT2D eigenvalue weighted by Gasteiger charge is -2.11. The van der Waals surface area contributed by atoms with Crippen LogP contribution in [0.15, 0.2) is 30.5 Å². The van der Waals surface area contributed by atoms with Gasteiger partial charge in [-0.05, 0) is 11.6 Å². The van der Waals surface area contributed by atoms with E-state index in [0.717, 1.165) is 6.07 Å². The number of carbonyl (C=O) groups is 1. The van der Waals surface area contributed by atoms with Crippen molar-refractivity contribution < 1.29 is 18.0 Å². The molecule has 1 aromatic carbocycles. The third kappa shape index (κ3) is 2.06. The zero-order chi connectivity index (χ0) is 12.5. The molecule has 88 valence electrons. The Balaban J connectivity index is 2.64. The molecule has 0 aliphatic carbocycles. The number of H-pyrrole nitrogens is 1. The highest BCUT2D eigenvalue weighted by Gasteiger charge is 2.33. The van der Waals surface area contributed by atoms with Crippen molar-refractivity contribution in [3.05, 3.63) is 41.7 Å². The second-order valence-corrected chi connectivity index (χ2v) is 3.36. The summed E-state index contributed by atoms with van der Waals surface area (Å²) in [5, 5.41) is 5.92. The molecule has 3 nitrogen and oxygen atoms in total. The second kappa shape index (κ2) is 4.04. The maximum absolute atomic E-state index is 12.8. The highest BCUT2D eigenvalue weighted by atomic mass is 19.4. The number of nitrogens with one attached hydrogen (secondary N) is 1. The van der Waals surface area contributed by atoms with E-state index in [1.165, 1.54) is 24.4 Å². The van der Waals surface area contributed by atoms with Crippen molar-refractivity contribution in [1.29, 1.82) is 0 Å². The zero-order valence-electron chi connectivity index (χ0n) is 8.45. The summed E-state index contributed by atoms with van der Waals surface area (Å²) in [6.45, 7) is 0. The van der Waals surface area contributed by atoms with E-state index in [2.05, 4.69) is 10.2 Å². The van der Waals surface area contributed by atoms with Gasteiger partial charge in [-0.3, -0.25) is 9.89 Å². The number of carbonyl (C=O) groups excluding carboxylic acids is 1. The number of aromatic amines is 1. The predicted molar refractivity (Wildman–Crippen MR) is 54.4 cm³/mol. The van der Waals surface area contributed by atoms with Crippen molar-refractivity contribution >= 4 is 6.29 Å². The highest BCUT2D eigenvalue weighted by Crippen LogP contribution is 2.37. The summed E-state index contributed by atoms with van der Waals surface area (Å²) >= 11 is 0. The first-order valence-electron chi connectivity index (χ1n) is 4.69. The van der Waals surface area contributed by atoms with Crippen molar-refractivity contribution in [2.75, 3.05) is 0 Å². The summed E-state index contributed by atoms with van der Waals surface area (Å²) in [7, 11) is 0.